The second kappa shape index (κ2) is 7.21. The summed E-state index contributed by atoms with van der Waals surface area (Å²) in [5, 5.41) is 49.4. The highest BCUT2D eigenvalue weighted by Crippen LogP contribution is 2.37. The normalized spacial score (nSPS) is 28.6. The molecule has 9 heteroatoms. The molecule has 1 saturated heterocycles. The number of ether oxygens (including phenoxy) is 2. The summed E-state index contributed by atoms with van der Waals surface area (Å²) < 4.78 is 10.9. The first kappa shape index (κ1) is 19.5. The van der Waals surface area contributed by atoms with E-state index in [0.717, 1.165) is 0 Å². The first-order valence-electron chi connectivity index (χ1n) is 8.86. The highest BCUT2D eigenvalue weighted by molar-refractivity contribution is 6.30. The topological polar surface area (TPSA) is 154 Å². The summed E-state index contributed by atoms with van der Waals surface area (Å²) in [7, 11) is 0. The van der Waals surface area contributed by atoms with Gasteiger partial charge in [0, 0.05) is 11.1 Å². The van der Waals surface area contributed by atoms with Crippen LogP contribution in [0.25, 0.3) is 0 Å². The molecule has 1 aliphatic carbocycles. The maximum atomic E-state index is 13.0. The van der Waals surface area contributed by atoms with Crippen molar-refractivity contribution in [2.75, 3.05) is 6.61 Å². The number of fused-ring (bicyclic) bond motifs is 2. The molecule has 0 spiro atoms. The molecule has 152 valence electrons. The Morgan fingerprint density at radius 1 is 0.862 bits per heavy atom. The Morgan fingerprint density at radius 2 is 1.52 bits per heavy atom. The quantitative estimate of drug-likeness (QED) is 0.384. The van der Waals surface area contributed by atoms with Crippen molar-refractivity contribution in [3.63, 3.8) is 0 Å². The van der Waals surface area contributed by atoms with E-state index in [9.17, 15) is 35.1 Å². The Morgan fingerprint density at radius 3 is 2.21 bits per heavy atom. The number of carbonyl (C=O) groups excluding carboxylic acids is 2. The highest BCUT2D eigenvalue weighted by atomic mass is 16.7. The smallest absolute Gasteiger partial charge is 0.229 e. The van der Waals surface area contributed by atoms with Gasteiger partial charge in [-0.05, 0) is 12.1 Å². The molecule has 0 saturated carbocycles. The lowest BCUT2D eigenvalue weighted by molar-refractivity contribution is -0.277. The maximum absolute atomic E-state index is 13.0. The van der Waals surface area contributed by atoms with Crippen molar-refractivity contribution in [1.82, 2.24) is 0 Å². The summed E-state index contributed by atoms with van der Waals surface area (Å²) in [6.45, 7) is -0.642. The molecule has 0 amide bonds. The van der Waals surface area contributed by atoms with Crippen molar-refractivity contribution in [1.29, 1.82) is 0 Å². The SMILES string of the molecule is O=C1c2cccc(O)c2C(=O)c2c(OC3O[C@H](CO)[C@@H](O)[C@H](O)[C@H]3O)cccc21. The second-order valence-electron chi connectivity index (χ2n) is 6.85. The van der Waals surface area contributed by atoms with E-state index in [-0.39, 0.29) is 33.8 Å². The zero-order valence-corrected chi connectivity index (χ0v) is 14.9. The van der Waals surface area contributed by atoms with E-state index in [1.807, 2.05) is 0 Å². The summed E-state index contributed by atoms with van der Waals surface area (Å²) in [6.07, 6.45) is -7.62. The second-order valence-corrected chi connectivity index (χ2v) is 6.85. The van der Waals surface area contributed by atoms with Crippen LogP contribution in [0.15, 0.2) is 36.4 Å². The fraction of sp³-hybridized carbons (Fsp3) is 0.300. The van der Waals surface area contributed by atoms with Gasteiger partial charge in [0.15, 0.2) is 5.78 Å². The van der Waals surface area contributed by atoms with E-state index in [0.29, 0.717) is 0 Å². The van der Waals surface area contributed by atoms with Crippen molar-refractivity contribution in [2.45, 2.75) is 30.7 Å². The molecule has 1 unspecified atom stereocenters. The minimum absolute atomic E-state index is 0.0511. The molecule has 1 aliphatic heterocycles. The number of aliphatic hydroxyl groups is 4. The van der Waals surface area contributed by atoms with Crippen LogP contribution < -0.4 is 4.74 Å². The van der Waals surface area contributed by atoms with Crippen molar-refractivity contribution in [3.8, 4) is 11.5 Å². The van der Waals surface area contributed by atoms with Crippen LogP contribution in [0, 0.1) is 0 Å². The van der Waals surface area contributed by atoms with Crippen LogP contribution >= 0.6 is 0 Å². The third-order valence-corrected chi connectivity index (χ3v) is 5.10. The molecule has 2 aliphatic rings. The summed E-state index contributed by atoms with van der Waals surface area (Å²) in [5.74, 6) is -1.59. The number of hydrogen-bond acceptors (Lipinski definition) is 9. The summed E-state index contributed by atoms with van der Waals surface area (Å²) >= 11 is 0. The van der Waals surface area contributed by atoms with Gasteiger partial charge in [-0.1, -0.05) is 24.3 Å². The standard InChI is InChI=1S/C20H18O9/c21-7-12-16(24)18(26)19(27)20(29-12)28-11-6-2-4-9-14(11)17(25)13-8(15(9)23)3-1-5-10(13)22/h1-6,12,16,18-22,24,26-27H,7H2/t12-,16-,18+,19-,20?/m1/s1. The number of hydrogen-bond donors (Lipinski definition) is 5. The van der Waals surface area contributed by atoms with Crippen molar-refractivity contribution in [2.24, 2.45) is 0 Å². The largest absolute Gasteiger partial charge is 0.507 e. The van der Waals surface area contributed by atoms with Gasteiger partial charge in [0.05, 0.1) is 17.7 Å². The Bertz CT molecular complexity index is 984. The maximum Gasteiger partial charge on any atom is 0.229 e. The first-order chi connectivity index (χ1) is 13.8. The van der Waals surface area contributed by atoms with Crippen molar-refractivity contribution >= 4 is 11.6 Å². The molecule has 0 aromatic heterocycles. The van der Waals surface area contributed by atoms with Crippen molar-refractivity contribution in [3.05, 3.63) is 58.7 Å². The fourth-order valence-electron chi connectivity index (χ4n) is 3.58. The van der Waals surface area contributed by atoms with Crippen LogP contribution in [0.1, 0.15) is 31.8 Å². The van der Waals surface area contributed by atoms with E-state index in [1.165, 1.54) is 36.4 Å². The molecule has 5 N–H and O–H groups in total. The lowest BCUT2D eigenvalue weighted by Gasteiger charge is -2.39. The summed E-state index contributed by atoms with van der Waals surface area (Å²) in [6, 6.07) is 8.45. The Labute approximate surface area is 164 Å². The summed E-state index contributed by atoms with van der Waals surface area (Å²) in [5.41, 5.74) is -0.166. The zero-order chi connectivity index (χ0) is 20.9. The number of ketones is 2. The average Bonchev–Trinajstić information content (AvgIpc) is 2.72. The van der Waals surface area contributed by atoms with E-state index < -0.39 is 48.9 Å². The van der Waals surface area contributed by atoms with Gasteiger partial charge in [-0.25, -0.2) is 0 Å². The number of phenolic OH excluding ortho intramolecular Hbond substituents is 1. The predicted molar refractivity (Wildman–Crippen MR) is 95.8 cm³/mol. The molecular formula is C20H18O9. The number of aromatic hydroxyl groups is 1. The Hall–Kier alpha value is -2.82. The number of phenols is 1. The van der Waals surface area contributed by atoms with Crippen LogP contribution in [-0.2, 0) is 4.74 Å². The number of rotatable bonds is 3. The molecule has 1 fully saturated rings. The molecule has 2 aromatic rings. The predicted octanol–water partition coefficient (Wildman–Crippen LogP) is -0.654. The van der Waals surface area contributed by atoms with E-state index in [1.54, 1.807) is 0 Å². The minimum Gasteiger partial charge on any atom is -0.507 e. The molecular weight excluding hydrogens is 384 g/mol. The molecule has 5 atom stereocenters. The van der Waals surface area contributed by atoms with Gasteiger partial charge in [0.1, 0.15) is 35.9 Å². The van der Waals surface area contributed by atoms with Gasteiger partial charge in [-0.15, -0.1) is 0 Å². The van der Waals surface area contributed by atoms with E-state index in [2.05, 4.69) is 0 Å². The Kier molecular flexibility index (Phi) is 4.85. The number of benzene rings is 2. The van der Waals surface area contributed by atoms with Crippen LogP contribution in [0.5, 0.6) is 11.5 Å². The van der Waals surface area contributed by atoms with Crippen molar-refractivity contribution < 1.29 is 44.6 Å². The molecule has 9 nitrogen and oxygen atoms in total. The van der Waals surface area contributed by atoms with Gasteiger partial charge in [-0.2, -0.15) is 0 Å². The van der Waals surface area contributed by atoms with Gasteiger partial charge < -0.3 is 35.0 Å². The fourth-order valence-corrected chi connectivity index (χ4v) is 3.58. The lowest BCUT2D eigenvalue weighted by Crippen LogP contribution is -2.60. The van der Waals surface area contributed by atoms with Gasteiger partial charge >= 0.3 is 0 Å². The monoisotopic (exact) mass is 402 g/mol. The lowest BCUT2D eigenvalue weighted by atomic mass is 9.83. The molecule has 0 radical (unpaired) electrons. The molecule has 2 aromatic carbocycles. The van der Waals surface area contributed by atoms with Crippen LogP contribution in [-0.4, -0.2) is 74.4 Å². The minimum atomic E-state index is -1.68. The average molecular weight is 402 g/mol. The third-order valence-electron chi connectivity index (χ3n) is 5.10. The van der Waals surface area contributed by atoms with Crippen LogP contribution in [0.3, 0.4) is 0 Å². The molecule has 0 bridgehead atoms. The molecule has 1 heterocycles. The molecule has 29 heavy (non-hydrogen) atoms. The highest BCUT2D eigenvalue weighted by Gasteiger charge is 2.45. The van der Waals surface area contributed by atoms with E-state index >= 15 is 0 Å². The Balaban J connectivity index is 1.74. The van der Waals surface area contributed by atoms with Crippen LogP contribution in [0.2, 0.25) is 0 Å². The third kappa shape index (κ3) is 3.00. The van der Waals surface area contributed by atoms with E-state index in [4.69, 9.17) is 9.47 Å². The summed E-state index contributed by atoms with van der Waals surface area (Å²) in [4.78, 5) is 25.8. The van der Waals surface area contributed by atoms with Gasteiger partial charge in [0.2, 0.25) is 12.1 Å². The zero-order valence-electron chi connectivity index (χ0n) is 14.9. The van der Waals surface area contributed by atoms with Crippen LogP contribution in [0.4, 0.5) is 0 Å². The van der Waals surface area contributed by atoms with Gasteiger partial charge in [-0.3, -0.25) is 9.59 Å². The first-order valence-corrected chi connectivity index (χ1v) is 8.86. The number of aliphatic hydroxyl groups excluding tert-OH is 4. The number of carbonyl (C=O) groups is 2. The molecule has 4 rings (SSSR count). The van der Waals surface area contributed by atoms with Gasteiger partial charge in [0.25, 0.3) is 0 Å².